The minimum atomic E-state index is -0.790. The predicted molar refractivity (Wildman–Crippen MR) is 62.3 cm³/mol. The van der Waals surface area contributed by atoms with E-state index < -0.39 is 29.1 Å². The maximum Gasteiger partial charge on any atom is 0.282 e. The van der Waals surface area contributed by atoms with Gasteiger partial charge >= 0.3 is 0 Å². The average Bonchev–Trinajstić information content (AvgIpc) is 2.33. The molecular weight excluding hydrogens is 240 g/mol. The van der Waals surface area contributed by atoms with Crippen LogP contribution in [0, 0.1) is 21.8 Å². The van der Waals surface area contributed by atoms with Crippen LogP contribution >= 0.6 is 0 Å². The van der Waals surface area contributed by atoms with E-state index >= 15 is 0 Å². The highest BCUT2D eigenvalue weighted by atomic mass is 19.1. The minimum Gasteiger partial charge on any atom is -0.447 e. The molecule has 1 aromatic carbocycles. The summed E-state index contributed by atoms with van der Waals surface area (Å²) in [5.74, 6) is -2.07. The lowest BCUT2D eigenvalue weighted by molar-refractivity contribution is -0.484. The van der Waals surface area contributed by atoms with Crippen molar-refractivity contribution < 1.29 is 18.8 Å². The van der Waals surface area contributed by atoms with Crippen molar-refractivity contribution in [2.45, 2.75) is 5.92 Å². The van der Waals surface area contributed by atoms with Gasteiger partial charge in [0.15, 0.2) is 0 Å². The molecule has 0 amide bonds. The molecular formula is C11H11BFNO4. The second-order valence-corrected chi connectivity index (χ2v) is 3.81. The number of benzene rings is 1. The van der Waals surface area contributed by atoms with Crippen molar-refractivity contribution in [2.75, 3.05) is 13.2 Å². The van der Waals surface area contributed by atoms with Crippen molar-refractivity contribution in [3.8, 4) is 0 Å². The first-order valence-electron chi connectivity index (χ1n) is 5.22. The highest BCUT2D eigenvalue weighted by Gasteiger charge is 2.27. The summed E-state index contributed by atoms with van der Waals surface area (Å²) in [6, 6.07) is 5.36. The van der Waals surface area contributed by atoms with Gasteiger partial charge in [0.25, 0.3) is 8.05 Å². The van der Waals surface area contributed by atoms with Crippen LogP contribution in [0.2, 0.25) is 0 Å². The van der Waals surface area contributed by atoms with Crippen LogP contribution < -0.4 is 0 Å². The van der Waals surface area contributed by atoms with Crippen molar-refractivity contribution in [1.82, 2.24) is 0 Å². The quantitative estimate of drug-likeness (QED) is 0.315. The standard InChI is InChI=1S/C11H11BFNO4/c12-18-7-9(6-15)11(5-14(16)17)8-2-1-3-10(13)4-8/h1-4,6,9,11H,5,7H2/t9-,11-/m1/s1. The van der Waals surface area contributed by atoms with E-state index in [1.165, 1.54) is 24.3 Å². The van der Waals surface area contributed by atoms with Crippen LogP contribution in [0.15, 0.2) is 24.3 Å². The molecule has 0 N–H and O–H groups in total. The molecule has 0 aliphatic heterocycles. The van der Waals surface area contributed by atoms with Crippen molar-refractivity contribution in [2.24, 2.45) is 5.92 Å². The number of nitro groups is 1. The van der Waals surface area contributed by atoms with Crippen molar-refractivity contribution >= 4 is 14.3 Å². The molecule has 0 fully saturated rings. The van der Waals surface area contributed by atoms with Gasteiger partial charge in [-0.1, -0.05) is 12.1 Å². The molecule has 0 spiro atoms. The Hall–Kier alpha value is -1.76. The highest BCUT2D eigenvalue weighted by molar-refractivity contribution is 5.98. The zero-order chi connectivity index (χ0) is 13.5. The van der Waals surface area contributed by atoms with Crippen LogP contribution in [-0.4, -0.2) is 32.4 Å². The third-order valence-corrected chi connectivity index (χ3v) is 2.60. The lowest BCUT2D eigenvalue weighted by Gasteiger charge is -2.19. The van der Waals surface area contributed by atoms with Crippen LogP contribution in [0.25, 0.3) is 0 Å². The van der Waals surface area contributed by atoms with E-state index in [4.69, 9.17) is 8.05 Å². The summed E-state index contributed by atoms with van der Waals surface area (Å²) in [5, 5.41) is 10.6. The van der Waals surface area contributed by atoms with Crippen LogP contribution in [0.5, 0.6) is 0 Å². The van der Waals surface area contributed by atoms with E-state index in [-0.39, 0.29) is 6.61 Å². The number of rotatable bonds is 7. The number of hydrogen-bond acceptors (Lipinski definition) is 4. The summed E-state index contributed by atoms with van der Waals surface area (Å²) < 4.78 is 17.5. The molecule has 0 aromatic heterocycles. The molecule has 0 saturated heterocycles. The van der Waals surface area contributed by atoms with Gasteiger partial charge < -0.3 is 9.45 Å². The van der Waals surface area contributed by atoms with E-state index in [0.717, 1.165) is 0 Å². The first-order chi connectivity index (χ1) is 8.58. The Bertz CT molecular complexity index is 429. The number of carbonyl (C=O) groups excluding carboxylic acids is 1. The lowest BCUT2D eigenvalue weighted by atomic mass is 9.87. The van der Waals surface area contributed by atoms with Crippen LogP contribution in [0.1, 0.15) is 11.5 Å². The lowest BCUT2D eigenvalue weighted by Crippen LogP contribution is -2.26. The molecule has 0 aliphatic carbocycles. The highest BCUT2D eigenvalue weighted by Crippen LogP contribution is 2.25. The van der Waals surface area contributed by atoms with Gasteiger partial charge in [-0.05, 0) is 17.7 Å². The number of carbonyl (C=O) groups is 1. The zero-order valence-electron chi connectivity index (χ0n) is 9.49. The summed E-state index contributed by atoms with van der Waals surface area (Å²) in [4.78, 5) is 21.0. The van der Waals surface area contributed by atoms with Gasteiger partial charge in [0.2, 0.25) is 6.54 Å². The van der Waals surface area contributed by atoms with Gasteiger partial charge in [0.1, 0.15) is 12.1 Å². The van der Waals surface area contributed by atoms with Gasteiger partial charge in [0, 0.05) is 17.4 Å². The Morgan fingerprint density at radius 2 is 2.28 bits per heavy atom. The number of nitrogens with zero attached hydrogens (tertiary/aromatic N) is 1. The fourth-order valence-electron chi connectivity index (χ4n) is 1.75. The smallest absolute Gasteiger partial charge is 0.282 e. The molecule has 1 aromatic rings. The van der Waals surface area contributed by atoms with E-state index in [1.807, 2.05) is 0 Å². The van der Waals surface area contributed by atoms with Crippen molar-refractivity contribution in [1.29, 1.82) is 0 Å². The number of halogens is 1. The van der Waals surface area contributed by atoms with Gasteiger partial charge in [-0.3, -0.25) is 10.1 Å². The fraction of sp³-hybridized carbons (Fsp3) is 0.364. The summed E-state index contributed by atoms with van der Waals surface area (Å²) in [6.07, 6.45) is 0.534. The molecule has 7 heteroatoms. The second kappa shape index (κ2) is 6.85. The van der Waals surface area contributed by atoms with Gasteiger partial charge in [-0.15, -0.1) is 0 Å². The maximum atomic E-state index is 13.1. The van der Waals surface area contributed by atoms with Crippen LogP contribution in [0.3, 0.4) is 0 Å². The molecule has 5 nitrogen and oxygen atoms in total. The fourth-order valence-corrected chi connectivity index (χ4v) is 1.75. The third kappa shape index (κ3) is 3.92. The van der Waals surface area contributed by atoms with Gasteiger partial charge in [0.05, 0.1) is 5.92 Å². The summed E-state index contributed by atoms with van der Waals surface area (Å²) in [7, 11) is 4.88. The van der Waals surface area contributed by atoms with Crippen molar-refractivity contribution in [3.05, 3.63) is 45.8 Å². The molecule has 94 valence electrons. The Morgan fingerprint density at radius 1 is 1.56 bits per heavy atom. The maximum absolute atomic E-state index is 13.1. The normalized spacial score (nSPS) is 13.8. The molecule has 2 radical (unpaired) electrons. The number of hydrogen-bond donors (Lipinski definition) is 0. The topological polar surface area (TPSA) is 69.4 Å². The Morgan fingerprint density at radius 3 is 2.78 bits per heavy atom. The second-order valence-electron chi connectivity index (χ2n) is 3.81. The first kappa shape index (κ1) is 14.3. The summed E-state index contributed by atoms with van der Waals surface area (Å²) >= 11 is 0. The molecule has 0 aliphatic rings. The number of aldehydes is 1. The average molecular weight is 251 g/mol. The molecule has 0 bridgehead atoms. The molecule has 0 heterocycles. The van der Waals surface area contributed by atoms with Crippen molar-refractivity contribution in [3.63, 3.8) is 0 Å². The molecule has 0 unspecified atom stereocenters. The Labute approximate surface area is 105 Å². The van der Waals surface area contributed by atoms with E-state index in [0.29, 0.717) is 11.8 Å². The molecule has 0 saturated carbocycles. The third-order valence-electron chi connectivity index (χ3n) is 2.60. The Kier molecular flexibility index (Phi) is 5.45. The predicted octanol–water partition coefficient (Wildman–Crippen LogP) is 1.10. The SMILES string of the molecule is [B]OC[C@@H](C=O)[C@H](C[N+](=O)[O-])c1cccc(F)c1. The minimum absolute atomic E-state index is 0.154. The van der Waals surface area contributed by atoms with E-state index in [2.05, 4.69) is 4.65 Å². The largest absolute Gasteiger partial charge is 0.447 e. The first-order valence-corrected chi connectivity index (χ1v) is 5.22. The molecule has 18 heavy (non-hydrogen) atoms. The van der Waals surface area contributed by atoms with E-state index in [1.54, 1.807) is 0 Å². The zero-order valence-corrected chi connectivity index (χ0v) is 9.49. The Balaban J connectivity index is 3.03. The molecule has 1 rings (SSSR count). The molecule has 2 atom stereocenters. The van der Waals surface area contributed by atoms with Gasteiger partial charge in [-0.2, -0.15) is 0 Å². The van der Waals surface area contributed by atoms with Crippen LogP contribution in [0.4, 0.5) is 4.39 Å². The van der Waals surface area contributed by atoms with Gasteiger partial charge in [-0.25, -0.2) is 4.39 Å². The summed E-state index contributed by atoms with van der Waals surface area (Å²) in [5.41, 5.74) is 0.376. The monoisotopic (exact) mass is 251 g/mol. The summed E-state index contributed by atoms with van der Waals surface area (Å²) in [6.45, 7) is -0.644. The van der Waals surface area contributed by atoms with Crippen LogP contribution in [-0.2, 0) is 9.45 Å². The van der Waals surface area contributed by atoms with E-state index in [9.17, 15) is 19.3 Å².